The average molecular weight is 272 g/mol. The van der Waals surface area contributed by atoms with E-state index in [4.69, 9.17) is 4.74 Å². The van der Waals surface area contributed by atoms with Crippen LogP contribution in [0, 0.1) is 6.92 Å². The van der Waals surface area contributed by atoms with E-state index in [1.807, 2.05) is 19.1 Å². The van der Waals surface area contributed by atoms with Crippen molar-refractivity contribution in [2.24, 2.45) is 0 Å². The Kier molecular flexibility index (Phi) is 5.01. The molecular weight excluding hydrogens is 252 g/mol. The predicted octanol–water partition coefficient (Wildman–Crippen LogP) is 2.64. The monoisotopic (exact) mass is 272 g/mol. The number of aromatic nitrogens is 3. The molecule has 106 valence electrons. The van der Waals surface area contributed by atoms with Crippen LogP contribution >= 0.6 is 0 Å². The molecule has 0 bridgehead atoms. The van der Waals surface area contributed by atoms with Crippen molar-refractivity contribution in [2.75, 3.05) is 6.54 Å². The molecule has 0 atom stereocenters. The number of nitrogens with one attached hydrogen (secondary N) is 1. The zero-order chi connectivity index (χ0) is 14.4. The summed E-state index contributed by atoms with van der Waals surface area (Å²) in [6.07, 6.45) is 4.18. The Morgan fingerprint density at radius 2 is 2.00 bits per heavy atom. The second-order valence-corrected chi connectivity index (χ2v) is 4.48. The molecule has 20 heavy (non-hydrogen) atoms. The number of hydrogen-bond donors (Lipinski definition) is 1. The molecule has 0 amide bonds. The molecule has 0 saturated heterocycles. The highest BCUT2D eigenvalue weighted by Crippen LogP contribution is 2.23. The van der Waals surface area contributed by atoms with Gasteiger partial charge in [-0.05, 0) is 32.0 Å². The highest BCUT2D eigenvalue weighted by Gasteiger charge is 2.07. The van der Waals surface area contributed by atoms with Gasteiger partial charge in [-0.25, -0.2) is 4.98 Å². The molecule has 0 saturated carbocycles. The number of aryl methyl sites for hydroxylation is 2. The lowest BCUT2D eigenvalue weighted by molar-refractivity contribution is 0.448. The van der Waals surface area contributed by atoms with Gasteiger partial charge in [0.05, 0.1) is 17.6 Å². The molecule has 1 N–H and O–H groups in total. The number of nitrogens with zero attached hydrogens (tertiary/aromatic N) is 3. The Hall–Kier alpha value is -2.01. The Morgan fingerprint density at radius 1 is 1.15 bits per heavy atom. The van der Waals surface area contributed by atoms with Crippen molar-refractivity contribution in [2.45, 2.75) is 33.7 Å². The number of pyridine rings is 1. The summed E-state index contributed by atoms with van der Waals surface area (Å²) in [4.78, 5) is 13.1. The van der Waals surface area contributed by atoms with Crippen LogP contribution in [-0.4, -0.2) is 21.5 Å². The lowest BCUT2D eigenvalue weighted by atomic mass is 10.2. The summed E-state index contributed by atoms with van der Waals surface area (Å²) < 4.78 is 5.81. The van der Waals surface area contributed by atoms with Crippen LogP contribution in [0.5, 0.6) is 11.6 Å². The minimum atomic E-state index is 0.501. The minimum Gasteiger partial charge on any atom is -0.436 e. The van der Waals surface area contributed by atoms with Gasteiger partial charge in [0, 0.05) is 18.4 Å². The fraction of sp³-hybridized carbons (Fsp3) is 0.400. The van der Waals surface area contributed by atoms with Gasteiger partial charge in [-0.1, -0.05) is 13.8 Å². The normalized spacial score (nSPS) is 10.6. The van der Waals surface area contributed by atoms with Gasteiger partial charge in [0.2, 0.25) is 5.88 Å². The van der Waals surface area contributed by atoms with Crippen LogP contribution in [0.15, 0.2) is 24.5 Å². The molecule has 0 aliphatic heterocycles. The summed E-state index contributed by atoms with van der Waals surface area (Å²) >= 11 is 0. The van der Waals surface area contributed by atoms with Gasteiger partial charge in [-0.3, -0.25) is 9.97 Å². The second-order valence-electron chi connectivity index (χ2n) is 4.48. The molecule has 5 nitrogen and oxygen atoms in total. The van der Waals surface area contributed by atoms with Crippen molar-refractivity contribution < 1.29 is 4.74 Å². The summed E-state index contributed by atoms with van der Waals surface area (Å²) in [5.41, 5.74) is 2.78. The molecule has 5 heteroatoms. The SMILES string of the molecule is CCNCc1cncc(Oc2ccc(C)nc2CC)n1. The topological polar surface area (TPSA) is 59.9 Å². The summed E-state index contributed by atoms with van der Waals surface area (Å²) in [5, 5.41) is 3.22. The first-order valence-electron chi connectivity index (χ1n) is 6.89. The van der Waals surface area contributed by atoms with E-state index >= 15 is 0 Å². The summed E-state index contributed by atoms with van der Waals surface area (Å²) in [5.74, 6) is 1.24. The Balaban J connectivity index is 2.17. The van der Waals surface area contributed by atoms with Gasteiger partial charge < -0.3 is 10.1 Å². The summed E-state index contributed by atoms with van der Waals surface area (Å²) in [7, 11) is 0. The van der Waals surface area contributed by atoms with Crippen LogP contribution in [0.25, 0.3) is 0 Å². The second kappa shape index (κ2) is 6.96. The van der Waals surface area contributed by atoms with Crippen LogP contribution < -0.4 is 10.1 Å². The zero-order valence-electron chi connectivity index (χ0n) is 12.2. The van der Waals surface area contributed by atoms with E-state index in [9.17, 15) is 0 Å². The van der Waals surface area contributed by atoms with Crippen LogP contribution in [0.1, 0.15) is 30.9 Å². The third-order valence-corrected chi connectivity index (χ3v) is 2.84. The van der Waals surface area contributed by atoms with Gasteiger partial charge in [-0.2, -0.15) is 0 Å². The molecule has 2 aromatic heterocycles. The lowest BCUT2D eigenvalue weighted by Gasteiger charge is -2.10. The molecule has 2 aromatic rings. The maximum atomic E-state index is 5.81. The highest BCUT2D eigenvalue weighted by molar-refractivity contribution is 5.32. The number of hydrogen-bond acceptors (Lipinski definition) is 5. The van der Waals surface area contributed by atoms with Crippen LogP contribution in [0.4, 0.5) is 0 Å². The molecule has 0 radical (unpaired) electrons. The maximum Gasteiger partial charge on any atom is 0.238 e. The van der Waals surface area contributed by atoms with Crippen LogP contribution in [-0.2, 0) is 13.0 Å². The standard InChI is InChI=1S/C15H20N4O/c1-4-13-14(7-6-11(3)18-13)20-15-10-17-9-12(19-15)8-16-5-2/h6-7,9-10,16H,4-5,8H2,1-3H3. The van der Waals surface area contributed by atoms with Crippen molar-refractivity contribution in [1.29, 1.82) is 0 Å². The molecular formula is C15H20N4O. The first kappa shape index (κ1) is 14.4. The van der Waals surface area contributed by atoms with Crippen molar-refractivity contribution in [1.82, 2.24) is 20.3 Å². The fourth-order valence-electron chi connectivity index (χ4n) is 1.83. The Morgan fingerprint density at radius 3 is 2.75 bits per heavy atom. The van der Waals surface area contributed by atoms with Gasteiger partial charge >= 0.3 is 0 Å². The first-order valence-corrected chi connectivity index (χ1v) is 6.89. The Labute approximate surface area is 119 Å². The van der Waals surface area contributed by atoms with Crippen molar-refractivity contribution >= 4 is 0 Å². The highest BCUT2D eigenvalue weighted by atomic mass is 16.5. The van der Waals surface area contributed by atoms with Gasteiger partial charge in [0.15, 0.2) is 5.75 Å². The van der Waals surface area contributed by atoms with E-state index in [0.29, 0.717) is 12.4 Å². The van der Waals surface area contributed by atoms with E-state index in [2.05, 4.69) is 34.1 Å². The molecule has 2 rings (SSSR count). The van der Waals surface area contributed by atoms with Crippen LogP contribution in [0.2, 0.25) is 0 Å². The van der Waals surface area contributed by atoms with Crippen molar-refractivity contribution in [3.63, 3.8) is 0 Å². The first-order chi connectivity index (χ1) is 9.72. The molecule has 0 aliphatic carbocycles. The van der Waals surface area contributed by atoms with Crippen LogP contribution in [0.3, 0.4) is 0 Å². The van der Waals surface area contributed by atoms with E-state index in [0.717, 1.165) is 35.8 Å². The van der Waals surface area contributed by atoms with E-state index < -0.39 is 0 Å². The quantitative estimate of drug-likeness (QED) is 0.876. The predicted molar refractivity (Wildman–Crippen MR) is 77.8 cm³/mol. The van der Waals surface area contributed by atoms with Crippen molar-refractivity contribution in [3.8, 4) is 11.6 Å². The van der Waals surface area contributed by atoms with Crippen molar-refractivity contribution in [3.05, 3.63) is 41.6 Å². The molecule has 2 heterocycles. The minimum absolute atomic E-state index is 0.501. The van der Waals surface area contributed by atoms with E-state index in [1.54, 1.807) is 12.4 Å². The van der Waals surface area contributed by atoms with E-state index in [-0.39, 0.29) is 0 Å². The summed E-state index contributed by atoms with van der Waals surface area (Å²) in [6, 6.07) is 3.87. The smallest absolute Gasteiger partial charge is 0.238 e. The third-order valence-electron chi connectivity index (χ3n) is 2.84. The van der Waals surface area contributed by atoms with E-state index in [1.165, 1.54) is 0 Å². The molecule has 0 spiro atoms. The van der Waals surface area contributed by atoms with Gasteiger partial charge in [0.1, 0.15) is 0 Å². The molecule has 0 unspecified atom stereocenters. The fourth-order valence-corrected chi connectivity index (χ4v) is 1.83. The number of ether oxygens (including phenoxy) is 1. The molecule has 0 aliphatic rings. The Bertz CT molecular complexity index is 572. The lowest BCUT2D eigenvalue weighted by Crippen LogP contribution is -2.13. The summed E-state index contributed by atoms with van der Waals surface area (Å²) in [6.45, 7) is 7.67. The molecule has 0 fully saturated rings. The largest absolute Gasteiger partial charge is 0.436 e. The average Bonchev–Trinajstić information content (AvgIpc) is 2.47. The van der Waals surface area contributed by atoms with Gasteiger partial charge in [0.25, 0.3) is 0 Å². The number of rotatable bonds is 6. The third kappa shape index (κ3) is 3.74. The molecule has 0 aromatic carbocycles. The van der Waals surface area contributed by atoms with Gasteiger partial charge in [-0.15, -0.1) is 0 Å². The maximum absolute atomic E-state index is 5.81. The zero-order valence-corrected chi connectivity index (χ0v) is 12.2.